The van der Waals surface area contributed by atoms with Crippen molar-refractivity contribution in [1.29, 1.82) is 0 Å². The number of carbonyl (C=O) groups is 1. The molecule has 1 aromatic heterocycles. The molecule has 2 rings (SSSR count). The summed E-state index contributed by atoms with van der Waals surface area (Å²) in [4.78, 5) is 27.2. The topological polar surface area (TPSA) is 142 Å². The summed E-state index contributed by atoms with van der Waals surface area (Å²) in [7, 11) is 3.80. The Labute approximate surface area is 232 Å². The van der Waals surface area contributed by atoms with Crippen LogP contribution in [0, 0.1) is 33.8 Å². The SMILES string of the molecule is COCCCc1cn(C)c2ccc(C[C@@H](C[C@H](N)[C@@H](O)C[C@H](C(=O)NCCO[N+](=O)[O-])C(C)C)C(C)C)cc12. The number of aliphatic hydroxyl groups excluding tert-OH is 1. The number of fused-ring (bicyclic) bond motifs is 1. The minimum atomic E-state index is -0.889. The molecule has 0 radical (unpaired) electrons. The van der Waals surface area contributed by atoms with E-state index >= 15 is 0 Å². The minimum Gasteiger partial charge on any atom is -0.391 e. The summed E-state index contributed by atoms with van der Waals surface area (Å²) >= 11 is 0. The van der Waals surface area contributed by atoms with Crippen LogP contribution in [0.1, 0.15) is 58.1 Å². The van der Waals surface area contributed by atoms with Gasteiger partial charge in [0.1, 0.15) is 6.61 Å². The van der Waals surface area contributed by atoms with E-state index in [-0.39, 0.29) is 37.3 Å². The standard InChI is InChI=1S/C29H48N4O6/c1-19(2)23(14-21-9-10-27-25(15-21)22(18-32(27)5)8-7-12-38-6)16-26(30)28(34)17-24(20(3)4)29(35)31-11-13-39-33(36)37/h9-10,15,18-20,23-24,26,28,34H,7-8,11-14,16-17,30H2,1-6H3,(H,31,35)/t23-,24-,26-,28-/m0/s1. The zero-order valence-corrected chi connectivity index (χ0v) is 24.4. The number of carbonyl (C=O) groups excluding carboxylic acids is 1. The van der Waals surface area contributed by atoms with Gasteiger partial charge in [0.15, 0.2) is 0 Å². The van der Waals surface area contributed by atoms with Crippen molar-refractivity contribution in [2.24, 2.45) is 36.5 Å². The Bertz CT molecular complexity index is 1050. The van der Waals surface area contributed by atoms with Crippen LogP contribution < -0.4 is 11.1 Å². The normalized spacial score (nSPS) is 14.9. The molecule has 0 bridgehead atoms. The zero-order valence-electron chi connectivity index (χ0n) is 24.4. The first-order valence-electron chi connectivity index (χ1n) is 14.0. The van der Waals surface area contributed by atoms with Crippen molar-refractivity contribution in [1.82, 2.24) is 9.88 Å². The fourth-order valence-electron chi connectivity index (χ4n) is 5.20. The van der Waals surface area contributed by atoms with Gasteiger partial charge in [-0.15, -0.1) is 10.1 Å². The Balaban J connectivity index is 2.05. The van der Waals surface area contributed by atoms with E-state index in [0.29, 0.717) is 12.3 Å². The Kier molecular flexibility index (Phi) is 13.2. The smallest absolute Gasteiger partial charge is 0.294 e. The molecule has 0 fully saturated rings. The molecule has 0 saturated heterocycles. The molecule has 39 heavy (non-hydrogen) atoms. The predicted octanol–water partition coefficient (Wildman–Crippen LogP) is 3.64. The lowest BCUT2D eigenvalue weighted by atomic mass is 9.80. The van der Waals surface area contributed by atoms with Gasteiger partial charge < -0.3 is 30.3 Å². The van der Waals surface area contributed by atoms with E-state index in [1.165, 1.54) is 22.0 Å². The summed E-state index contributed by atoms with van der Waals surface area (Å²) in [6.07, 6.45) is 5.01. The van der Waals surface area contributed by atoms with Crippen molar-refractivity contribution < 1.29 is 24.6 Å². The fourth-order valence-corrected chi connectivity index (χ4v) is 5.20. The first-order chi connectivity index (χ1) is 18.4. The lowest BCUT2D eigenvalue weighted by Gasteiger charge is -2.30. The van der Waals surface area contributed by atoms with E-state index in [1.54, 1.807) is 7.11 Å². The molecule has 220 valence electrons. The zero-order chi connectivity index (χ0) is 29.1. The number of hydrogen-bond donors (Lipinski definition) is 3. The molecule has 0 saturated carbocycles. The summed E-state index contributed by atoms with van der Waals surface area (Å²) < 4.78 is 7.40. The molecular weight excluding hydrogens is 500 g/mol. The van der Waals surface area contributed by atoms with Crippen LogP contribution in [-0.4, -0.2) is 59.7 Å². The highest BCUT2D eigenvalue weighted by Gasteiger charge is 2.29. The lowest BCUT2D eigenvalue weighted by molar-refractivity contribution is -0.757. The molecule has 1 aromatic carbocycles. The summed E-state index contributed by atoms with van der Waals surface area (Å²) in [6.45, 7) is 8.73. The molecule has 0 aliphatic heterocycles. The van der Waals surface area contributed by atoms with E-state index in [0.717, 1.165) is 25.9 Å². The molecule has 0 aliphatic rings. The third-order valence-electron chi connectivity index (χ3n) is 7.68. The highest BCUT2D eigenvalue weighted by Crippen LogP contribution is 2.29. The largest absolute Gasteiger partial charge is 0.391 e. The van der Waals surface area contributed by atoms with Crippen LogP contribution in [0.5, 0.6) is 0 Å². The minimum absolute atomic E-state index is 0.0279. The molecule has 1 heterocycles. The number of hydrogen-bond acceptors (Lipinski definition) is 7. The molecule has 1 amide bonds. The van der Waals surface area contributed by atoms with E-state index < -0.39 is 23.2 Å². The van der Waals surface area contributed by atoms with Crippen molar-refractivity contribution >= 4 is 16.8 Å². The Morgan fingerprint density at radius 3 is 2.51 bits per heavy atom. The quantitative estimate of drug-likeness (QED) is 0.147. The van der Waals surface area contributed by atoms with Crippen LogP contribution in [0.3, 0.4) is 0 Å². The van der Waals surface area contributed by atoms with Crippen molar-refractivity contribution in [3.8, 4) is 0 Å². The first-order valence-corrected chi connectivity index (χ1v) is 14.0. The molecule has 10 heteroatoms. The summed E-state index contributed by atoms with van der Waals surface area (Å²) in [5, 5.41) is 24.3. The van der Waals surface area contributed by atoms with Crippen LogP contribution in [0.2, 0.25) is 0 Å². The summed E-state index contributed by atoms with van der Waals surface area (Å²) in [6, 6.07) is 6.17. The maximum absolute atomic E-state index is 12.7. The molecule has 0 unspecified atom stereocenters. The van der Waals surface area contributed by atoms with Crippen molar-refractivity contribution in [3.63, 3.8) is 0 Å². The average Bonchev–Trinajstić information content (AvgIpc) is 3.18. The van der Waals surface area contributed by atoms with Crippen LogP contribution >= 0.6 is 0 Å². The van der Waals surface area contributed by atoms with Gasteiger partial charge in [-0.25, -0.2) is 0 Å². The van der Waals surface area contributed by atoms with E-state index in [2.05, 4.69) is 60.0 Å². The molecule has 10 nitrogen and oxygen atoms in total. The van der Waals surface area contributed by atoms with Gasteiger partial charge in [0.05, 0.1) is 6.10 Å². The number of nitrogens with two attached hydrogens (primary N) is 1. The number of benzene rings is 1. The Hall–Kier alpha value is -2.69. The number of rotatable bonds is 18. The number of aromatic nitrogens is 1. The summed E-state index contributed by atoms with van der Waals surface area (Å²) in [5.74, 6) is -0.128. The van der Waals surface area contributed by atoms with E-state index in [1.807, 2.05) is 13.8 Å². The number of nitrogens with zero attached hydrogens (tertiary/aromatic N) is 2. The van der Waals surface area contributed by atoms with Crippen molar-refractivity contribution in [2.75, 3.05) is 26.9 Å². The third kappa shape index (κ3) is 10.1. The molecule has 0 aliphatic carbocycles. The maximum Gasteiger partial charge on any atom is 0.294 e. The number of nitrogens with one attached hydrogen (secondary N) is 1. The molecule has 0 spiro atoms. The monoisotopic (exact) mass is 548 g/mol. The van der Waals surface area contributed by atoms with Crippen molar-refractivity contribution in [3.05, 3.63) is 45.6 Å². The Morgan fingerprint density at radius 2 is 1.90 bits per heavy atom. The first kappa shape index (κ1) is 32.5. The van der Waals surface area contributed by atoms with Gasteiger partial charge in [-0.05, 0) is 73.1 Å². The number of amides is 1. The van der Waals surface area contributed by atoms with Crippen LogP contribution in [0.4, 0.5) is 0 Å². The van der Waals surface area contributed by atoms with Gasteiger partial charge in [-0.2, -0.15) is 0 Å². The highest BCUT2D eigenvalue weighted by atomic mass is 16.9. The third-order valence-corrected chi connectivity index (χ3v) is 7.68. The second-order valence-electron chi connectivity index (χ2n) is 11.3. The van der Waals surface area contributed by atoms with Crippen molar-refractivity contribution in [2.45, 2.75) is 71.9 Å². The van der Waals surface area contributed by atoms with Gasteiger partial charge >= 0.3 is 0 Å². The van der Waals surface area contributed by atoms with Gasteiger partial charge in [0.25, 0.3) is 5.09 Å². The molecule has 4 N–H and O–H groups in total. The maximum atomic E-state index is 12.7. The Morgan fingerprint density at radius 1 is 1.18 bits per heavy atom. The van der Waals surface area contributed by atoms with Gasteiger partial charge in [0, 0.05) is 56.4 Å². The number of aryl methyl sites for hydroxylation is 2. The van der Waals surface area contributed by atoms with Gasteiger partial charge in [-0.3, -0.25) is 4.79 Å². The van der Waals surface area contributed by atoms with Gasteiger partial charge in [-0.1, -0.05) is 33.8 Å². The molecule has 4 atom stereocenters. The van der Waals surface area contributed by atoms with Crippen LogP contribution in [0.25, 0.3) is 10.9 Å². The van der Waals surface area contributed by atoms with E-state index in [9.17, 15) is 20.0 Å². The second-order valence-corrected chi connectivity index (χ2v) is 11.3. The lowest BCUT2D eigenvalue weighted by Crippen LogP contribution is -2.43. The summed E-state index contributed by atoms with van der Waals surface area (Å²) in [5.41, 5.74) is 10.3. The average molecular weight is 549 g/mol. The second kappa shape index (κ2) is 15.8. The van der Waals surface area contributed by atoms with Crippen LogP contribution in [-0.2, 0) is 34.3 Å². The molecular formula is C29H48N4O6. The van der Waals surface area contributed by atoms with Crippen LogP contribution in [0.15, 0.2) is 24.4 Å². The number of ether oxygens (including phenoxy) is 1. The number of methoxy groups -OCH3 is 1. The van der Waals surface area contributed by atoms with E-state index in [4.69, 9.17) is 10.5 Å². The van der Waals surface area contributed by atoms with Gasteiger partial charge in [0.2, 0.25) is 5.91 Å². The number of aliphatic hydroxyl groups is 1. The predicted molar refractivity (Wildman–Crippen MR) is 153 cm³/mol. The highest BCUT2D eigenvalue weighted by molar-refractivity contribution is 5.84. The fraction of sp³-hybridized carbons (Fsp3) is 0.690. The molecule has 2 aromatic rings.